The first-order chi connectivity index (χ1) is 11.1. The van der Waals surface area contributed by atoms with Crippen LogP contribution in [-0.2, 0) is 4.79 Å². The molecule has 1 amide bonds. The van der Waals surface area contributed by atoms with Crippen molar-refractivity contribution in [2.24, 2.45) is 0 Å². The van der Waals surface area contributed by atoms with Crippen molar-refractivity contribution in [2.45, 2.75) is 25.8 Å². The number of rotatable bonds is 7. The lowest BCUT2D eigenvalue weighted by Crippen LogP contribution is -2.26. The molecule has 4 nitrogen and oxygen atoms in total. The molecule has 6 heteroatoms. The third kappa shape index (κ3) is 5.32. The Morgan fingerprint density at radius 1 is 1.30 bits per heavy atom. The highest BCUT2D eigenvalue weighted by Gasteiger charge is 2.12. The van der Waals surface area contributed by atoms with E-state index in [9.17, 15) is 13.6 Å². The van der Waals surface area contributed by atoms with Crippen LogP contribution < -0.4 is 10.1 Å². The van der Waals surface area contributed by atoms with Gasteiger partial charge in [0, 0.05) is 12.6 Å². The van der Waals surface area contributed by atoms with Gasteiger partial charge in [0.2, 0.25) is 5.91 Å². The second kappa shape index (κ2) is 8.22. The molecular weight excluding hydrogens is 302 g/mol. The first-order valence-corrected chi connectivity index (χ1v) is 7.33. The van der Waals surface area contributed by atoms with Crippen molar-refractivity contribution in [3.05, 3.63) is 59.9 Å². The number of carbonyl (C=O) groups excluding carboxylic acids is 1. The summed E-state index contributed by atoms with van der Waals surface area (Å²) in [6.45, 7) is 2.12. The summed E-state index contributed by atoms with van der Waals surface area (Å²) >= 11 is 0. The molecule has 1 aromatic carbocycles. The van der Waals surface area contributed by atoms with Crippen molar-refractivity contribution >= 4 is 5.91 Å². The normalized spacial score (nSPS) is 11.8. The number of halogens is 2. The number of amides is 1. The highest BCUT2D eigenvalue weighted by molar-refractivity contribution is 5.76. The van der Waals surface area contributed by atoms with Crippen molar-refractivity contribution in [1.29, 1.82) is 0 Å². The second-order valence-electron chi connectivity index (χ2n) is 5.10. The summed E-state index contributed by atoms with van der Waals surface area (Å²) < 4.78 is 31.5. The summed E-state index contributed by atoms with van der Waals surface area (Å²) in [6.07, 6.45) is 4.09. The Labute approximate surface area is 133 Å². The molecule has 1 aromatic heterocycles. The SMILES string of the molecule is C[C@@H](NC(=O)CCCOc1cccnc1)c1ccc(F)c(F)c1. The Bertz CT molecular complexity index is 650. The minimum atomic E-state index is -0.923. The maximum Gasteiger partial charge on any atom is 0.220 e. The number of pyridine rings is 1. The largest absolute Gasteiger partial charge is 0.492 e. The summed E-state index contributed by atoms with van der Waals surface area (Å²) in [4.78, 5) is 15.8. The number of nitrogens with one attached hydrogen (secondary N) is 1. The average Bonchev–Trinajstić information content (AvgIpc) is 2.55. The standard InChI is InChI=1S/C17H18F2N2O2/c1-12(13-6-7-15(18)16(19)10-13)21-17(22)5-3-9-23-14-4-2-8-20-11-14/h2,4,6-8,10-12H,3,5,9H2,1H3,(H,21,22)/t12-/m1/s1. The molecule has 0 fully saturated rings. The fourth-order valence-electron chi connectivity index (χ4n) is 2.03. The quantitative estimate of drug-likeness (QED) is 0.796. The molecule has 1 heterocycles. The Morgan fingerprint density at radius 3 is 2.83 bits per heavy atom. The van der Waals surface area contributed by atoms with Gasteiger partial charge in [-0.05, 0) is 43.2 Å². The molecule has 0 radical (unpaired) electrons. The van der Waals surface area contributed by atoms with E-state index < -0.39 is 17.7 Å². The monoisotopic (exact) mass is 320 g/mol. The summed E-state index contributed by atoms with van der Waals surface area (Å²) in [5, 5.41) is 2.75. The van der Waals surface area contributed by atoms with Crippen molar-refractivity contribution in [2.75, 3.05) is 6.61 Å². The van der Waals surface area contributed by atoms with Gasteiger partial charge < -0.3 is 10.1 Å². The third-order valence-electron chi connectivity index (χ3n) is 3.27. The third-order valence-corrected chi connectivity index (χ3v) is 3.27. The molecule has 23 heavy (non-hydrogen) atoms. The number of hydrogen-bond donors (Lipinski definition) is 1. The number of ether oxygens (including phenoxy) is 1. The van der Waals surface area contributed by atoms with Gasteiger partial charge in [0.1, 0.15) is 5.75 Å². The molecule has 1 atom stereocenters. The Hall–Kier alpha value is -2.50. The van der Waals surface area contributed by atoms with Crippen LogP contribution in [0.2, 0.25) is 0 Å². The van der Waals surface area contributed by atoms with Crippen LogP contribution in [-0.4, -0.2) is 17.5 Å². The predicted molar refractivity (Wildman–Crippen MR) is 81.9 cm³/mol. The number of carbonyl (C=O) groups is 1. The molecule has 0 bridgehead atoms. The maximum absolute atomic E-state index is 13.2. The van der Waals surface area contributed by atoms with Crippen molar-refractivity contribution in [1.82, 2.24) is 10.3 Å². The van der Waals surface area contributed by atoms with E-state index in [1.807, 2.05) is 0 Å². The van der Waals surface area contributed by atoms with E-state index in [4.69, 9.17) is 4.74 Å². The molecule has 2 aromatic rings. The summed E-state index contributed by atoms with van der Waals surface area (Å²) in [6, 6.07) is 6.76. The Kier molecular flexibility index (Phi) is 6.02. The summed E-state index contributed by atoms with van der Waals surface area (Å²) in [7, 11) is 0. The lowest BCUT2D eigenvalue weighted by Gasteiger charge is -2.14. The summed E-state index contributed by atoms with van der Waals surface area (Å²) in [5.41, 5.74) is 0.517. The van der Waals surface area contributed by atoms with Crippen LogP contribution in [0, 0.1) is 11.6 Å². The second-order valence-corrected chi connectivity index (χ2v) is 5.10. The van der Waals surface area contributed by atoms with Gasteiger partial charge in [-0.1, -0.05) is 6.07 Å². The molecule has 122 valence electrons. The molecule has 0 saturated carbocycles. The average molecular weight is 320 g/mol. The van der Waals surface area contributed by atoms with Gasteiger partial charge in [-0.15, -0.1) is 0 Å². The molecule has 0 saturated heterocycles. The molecule has 0 spiro atoms. The van der Waals surface area contributed by atoms with Crippen molar-refractivity contribution in [3.8, 4) is 5.75 Å². The van der Waals surface area contributed by atoms with Crippen LogP contribution in [0.3, 0.4) is 0 Å². The lowest BCUT2D eigenvalue weighted by molar-refractivity contribution is -0.121. The van der Waals surface area contributed by atoms with Crippen LogP contribution in [0.15, 0.2) is 42.7 Å². The zero-order valence-corrected chi connectivity index (χ0v) is 12.8. The molecule has 0 aliphatic carbocycles. The smallest absolute Gasteiger partial charge is 0.220 e. The van der Waals surface area contributed by atoms with Crippen LogP contribution in [0.1, 0.15) is 31.4 Å². The van der Waals surface area contributed by atoms with Crippen LogP contribution >= 0.6 is 0 Å². The first-order valence-electron chi connectivity index (χ1n) is 7.33. The number of nitrogens with zero attached hydrogens (tertiary/aromatic N) is 1. The van der Waals surface area contributed by atoms with Crippen LogP contribution in [0.25, 0.3) is 0 Å². The topological polar surface area (TPSA) is 51.2 Å². The van der Waals surface area contributed by atoms with E-state index >= 15 is 0 Å². The highest BCUT2D eigenvalue weighted by atomic mass is 19.2. The molecule has 1 N–H and O–H groups in total. The van der Waals surface area contributed by atoms with Crippen LogP contribution in [0.4, 0.5) is 8.78 Å². The van der Waals surface area contributed by atoms with Crippen LogP contribution in [0.5, 0.6) is 5.75 Å². The first kappa shape index (κ1) is 16.9. The highest BCUT2D eigenvalue weighted by Crippen LogP contribution is 2.16. The van der Waals surface area contributed by atoms with E-state index in [2.05, 4.69) is 10.3 Å². The zero-order valence-electron chi connectivity index (χ0n) is 12.8. The molecule has 0 aliphatic heterocycles. The lowest BCUT2D eigenvalue weighted by atomic mass is 10.1. The maximum atomic E-state index is 13.2. The Morgan fingerprint density at radius 2 is 2.13 bits per heavy atom. The van der Waals surface area contributed by atoms with Gasteiger partial charge in [0.15, 0.2) is 11.6 Å². The van der Waals surface area contributed by atoms with Gasteiger partial charge >= 0.3 is 0 Å². The van der Waals surface area contributed by atoms with Gasteiger partial charge in [-0.25, -0.2) is 8.78 Å². The predicted octanol–water partition coefficient (Wildman–Crippen LogP) is 3.40. The van der Waals surface area contributed by atoms with Gasteiger partial charge in [0.05, 0.1) is 18.8 Å². The van der Waals surface area contributed by atoms with E-state index in [-0.39, 0.29) is 12.3 Å². The van der Waals surface area contributed by atoms with E-state index in [1.54, 1.807) is 31.5 Å². The zero-order chi connectivity index (χ0) is 16.7. The number of benzene rings is 1. The van der Waals surface area contributed by atoms with Crippen molar-refractivity contribution < 1.29 is 18.3 Å². The van der Waals surface area contributed by atoms with E-state index in [1.165, 1.54) is 6.07 Å². The van der Waals surface area contributed by atoms with Gasteiger partial charge in [-0.2, -0.15) is 0 Å². The minimum Gasteiger partial charge on any atom is -0.492 e. The molecule has 2 rings (SSSR count). The van der Waals surface area contributed by atoms with Gasteiger partial charge in [0.25, 0.3) is 0 Å². The number of aromatic nitrogens is 1. The fourth-order valence-corrected chi connectivity index (χ4v) is 2.03. The summed E-state index contributed by atoms with van der Waals surface area (Å²) in [5.74, 6) is -1.34. The Balaban J connectivity index is 1.72. The molecule has 0 aliphatic rings. The fraction of sp³-hybridized carbons (Fsp3) is 0.294. The van der Waals surface area contributed by atoms with Gasteiger partial charge in [-0.3, -0.25) is 9.78 Å². The van der Waals surface area contributed by atoms with E-state index in [0.29, 0.717) is 24.3 Å². The molecular formula is C17H18F2N2O2. The minimum absolute atomic E-state index is 0.169. The van der Waals surface area contributed by atoms with Crippen molar-refractivity contribution in [3.63, 3.8) is 0 Å². The number of hydrogen-bond acceptors (Lipinski definition) is 3. The molecule has 0 unspecified atom stereocenters. The van der Waals surface area contributed by atoms with E-state index in [0.717, 1.165) is 12.1 Å².